The van der Waals surface area contributed by atoms with Crippen molar-refractivity contribution < 1.29 is 13.2 Å². The third-order valence-electron chi connectivity index (χ3n) is 3.71. The van der Waals surface area contributed by atoms with Crippen LogP contribution in [0.3, 0.4) is 0 Å². The van der Waals surface area contributed by atoms with Gasteiger partial charge in [-0.25, -0.2) is 13.6 Å². The van der Waals surface area contributed by atoms with Crippen LogP contribution in [-0.2, 0) is 14.8 Å². The molecule has 0 unspecified atom stereocenters. The second-order valence-corrected chi connectivity index (χ2v) is 7.90. The fourth-order valence-corrected chi connectivity index (χ4v) is 2.98. The first-order chi connectivity index (χ1) is 8.29. The number of hydrogen-bond donors (Lipinski definition) is 1. The fourth-order valence-electron chi connectivity index (χ4n) is 2.37. The van der Waals surface area contributed by atoms with E-state index < -0.39 is 10.0 Å². The van der Waals surface area contributed by atoms with Gasteiger partial charge in [0.25, 0.3) is 0 Å². The van der Waals surface area contributed by atoms with Crippen LogP contribution in [0.4, 0.5) is 0 Å². The van der Waals surface area contributed by atoms with Crippen molar-refractivity contribution in [3.63, 3.8) is 0 Å². The molecule has 0 saturated heterocycles. The van der Waals surface area contributed by atoms with Gasteiger partial charge in [0.1, 0.15) is 0 Å². The smallest absolute Gasteiger partial charge is 0.209 e. The van der Waals surface area contributed by atoms with Crippen molar-refractivity contribution in [1.29, 1.82) is 0 Å². The van der Waals surface area contributed by atoms with E-state index in [1.807, 2.05) is 0 Å². The highest BCUT2D eigenvalue weighted by molar-refractivity contribution is 7.89. The zero-order chi connectivity index (χ0) is 13.6. The van der Waals surface area contributed by atoms with Crippen LogP contribution < -0.4 is 5.14 Å². The highest BCUT2D eigenvalue weighted by Gasteiger charge is 2.26. The molecule has 0 aromatic heterocycles. The maximum absolute atomic E-state index is 10.7. The molecule has 0 aromatic carbocycles. The van der Waals surface area contributed by atoms with Crippen molar-refractivity contribution in [2.24, 2.45) is 10.6 Å². The molecule has 1 aliphatic rings. The highest BCUT2D eigenvalue weighted by atomic mass is 32.2. The lowest BCUT2D eigenvalue weighted by atomic mass is 9.76. The summed E-state index contributed by atoms with van der Waals surface area (Å²) in [6, 6.07) is 0. The molecule has 1 aliphatic carbocycles. The Morgan fingerprint density at radius 2 is 1.78 bits per heavy atom. The van der Waals surface area contributed by atoms with Crippen LogP contribution in [-0.4, -0.2) is 26.9 Å². The van der Waals surface area contributed by atoms with Crippen LogP contribution in [0, 0.1) is 5.41 Å². The van der Waals surface area contributed by atoms with Crippen molar-refractivity contribution in [1.82, 2.24) is 0 Å². The zero-order valence-corrected chi connectivity index (χ0v) is 12.5. The summed E-state index contributed by atoms with van der Waals surface area (Å²) in [5.41, 5.74) is 0.481. The van der Waals surface area contributed by atoms with Crippen molar-refractivity contribution >= 4 is 10.0 Å². The molecule has 0 amide bonds. The van der Waals surface area contributed by atoms with Gasteiger partial charge in [0, 0.05) is 6.61 Å². The van der Waals surface area contributed by atoms with Crippen LogP contribution in [0.1, 0.15) is 58.8 Å². The summed E-state index contributed by atoms with van der Waals surface area (Å²) in [5, 5.41) is 4.93. The third kappa shape index (κ3) is 7.34. The Labute approximate surface area is 111 Å². The van der Waals surface area contributed by atoms with Crippen LogP contribution >= 0.6 is 0 Å². The number of hydrogen-bond acceptors (Lipinski definition) is 3. The molecule has 0 bridgehead atoms. The van der Waals surface area contributed by atoms with Gasteiger partial charge in [-0.15, -0.1) is 0 Å². The Kier molecular flexibility index (Phi) is 6.08. The van der Waals surface area contributed by atoms with Crippen molar-refractivity contribution in [2.75, 3.05) is 12.4 Å². The maximum Gasteiger partial charge on any atom is 0.209 e. The van der Waals surface area contributed by atoms with Crippen LogP contribution in [0.15, 0.2) is 0 Å². The second kappa shape index (κ2) is 6.87. The Morgan fingerprint density at radius 1 is 1.17 bits per heavy atom. The van der Waals surface area contributed by atoms with Crippen LogP contribution in [0.25, 0.3) is 0 Å². The van der Waals surface area contributed by atoms with Gasteiger partial charge in [0.05, 0.1) is 11.9 Å². The predicted octanol–water partition coefficient (Wildman–Crippen LogP) is 2.43. The van der Waals surface area contributed by atoms with E-state index in [-0.39, 0.29) is 5.75 Å². The molecule has 0 atom stereocenters. The van der Waals surface area contributed by atoms with Gasteiger partial charge in [-0.2, -0.15) is 0 Å². The molecule has 0 heterocycles. The first-order valence-electron chi connectivity index (χ1n) is 6.91. The molecule has 5 heteroatoms. The summed E-state index contributed by atoms with van der Waals surface area (Å²) in [4.78, 5) is 0. The summed E-state index contributed by atoms with van der Waals surface area (Å²) in [7, 11) is -3.29. The van der Waals surface area contributed by atoms with Gasteiger partial charge in [-0.1, -0.05) is 20.3 Å². The molecule has 1 saturated carbocycles. The quantitative estimate of drug-likeness (QED) is 0.727. The number of unbranched alkanes of at least 4 members (excludes halogenated alkanes) is 2. The van der Waals surface area contributed by atoms with Crippen LogP contribution in [0.5, 0.6) is 0 Å². The van der Waals surface area contributed by atoms with Gasteiger partial charge in [-0.05, 0) is 43.9 Å². The monoisotopic (exact) mass is 277 g/mol. The SMILES string of the molecule is CC1(C)CCC(OCCCCCS(N)(=O)=O)CC1. The minimum Gasteiger partial charge on any atom is -0.378 e. The molecular weight excluding hydrogens is 250 g/mol. The second-order valence-electron chi connectivity index (χ2n) is 6.16. The molecule has 0 aromatic rings. The van der Waals surface area contributed by atoms with E-state index in [2.05, 4.69) is 13.8 Å². The molecule has 2 N–H and O–H groups in total. The first-order valence-corrected chi connectivity index (χ1v) is 8.62. The lowest BCUT2D eigenvalue weighted by Gasteiger charge is -2.34. The van der Waals surface area contributed by atoms with E-state index in [1.165, 1.54) is 12.8 Å². The average molecular weight is 277 g/mol. The Balaban J connectivity index is 1.99. The Hall–Kier alpha value is -0.130. The molecule has 1 fully saturated rings. The fraction of sp³-hybridized carbons (Fsp3) is 1.00. The van der Waals surface area contributed by atoms with E-state index in [4.69, 9.17) is 9.88 Å². The van der Waals surface area contributed by atoms with E-state index in [1.54, 1.807) is 0 Å². The number of rotatable bonds is 7. The largest absolute Gasteiger partial charge is 0.378 e. The van der Waals surface area contributed by atoms with E-state index in [0.717, 1.165) is 32.3 Å². The number of primary sulfonamides is 1. The summed E-state index contributed by atoms with van der Waals surface area (Å²) in [6.45, 7) is 5.38. The van der Waals surface area contributed by atoms with Gasteiger partial charge >= 0.3 is 0 Å². The summed E-state index contributed by atoms with van der Waals surface area (Å²) >= 11 is 0. The van der Waals surface area contributed by atoms with Crippen molar-refractivity contribution in [2.45, 2.75) is 64.9 Å². The van der Waals surface area contributed by atoms with Gasteiger partial charge in [-0.3, -0.25) is 0 Å². The molecule has 108 valence electrons. The highest BCUT2D eigenvalue weighted by Crippen LogP contribution is 2.36. The van der Waals surface area contributed by atoms with Crippen molar-refractivity contribution in [3.8, 4) is 0 Å². The van der Waals surface area contributed by atoms with Gasteiger partial charge in [0.15, 0.2) is 0 Å². The van der Waals surface area contributed by atoms with E-state index in [9.17, 15) is 8.42 Å². The average Bonchev–Trinajstić information content (AvgIpc) is 2.23. The minimum absolute atomic E-state index is 0.0879. The third-order valence-corrected chi connectivity index (χ3v) is 4.57. The topological polar surface area (TPSA) is 69.4 Å². The van der Waals surface area contributed by atoms with E-state index >= 15 is 0 Å². The van der Waals surface area contributed by atoms with Gasteiger partial charge in [0.2, 0.25) is 10.0 Å². The predicted molar refractivity (Wildman–Crippen MR) is 73.8 cm³/mol. The minimum atomic E-state index is -3.29. The zero-order valence-electron chi connectivity index (χ0n) is 11.7. The molecular formula is C13H27NO3S. The normalized spacial score (nSPS) is 21.1. The molecule has 4 nitrogen and oxygen atoms in total. The Morgan fingerprint density at radius 3 is 2.33 bits per heavy atom. The lowest BCUT2D eigenvalue weighted by molar-refractivity contribution is 0.00286. The van der Waals surface area contributed by atoms with Gasteiger partial charge < -0.3 is 4.74 Å². The molecule has 18 heavy (non-hydrogen) atoms. The lowest BCUT2D eigenvalue weighted by Crippen LogP contribution is -2.26. The molecule has 1 rings (SSSR count). The first kappa shape index (κ1) is 15.9. The van der Waals surface area contributed by atoms with E-state index in [0.29, 0.717) is 17.9 Å². The maximum atomic E-state index is 10.7. The molecule has 0 radical (unpaired) electrons. The number of ether oxygens (including phenoxy) is 1. The summed E-state index contributed by atoms with van der Waals surface area (Å²) < 4.78 is 27.3. The summed E-state index contributed by atoms with van der Waals surface area (Å²) in [6.07, 6.45) is 7.64. The molecule has 0 aliphatic heterocycles. The standard InChI is InChI=1S/C13H27NO3S/c1-13(2)8-6-12(7-9-13)17-10-4-3-5-11-18(14,15)16/h12H,3-11H2,1-2H3,(H2,14,15,16). The Bertz CT molecular complexity index is 328. The van der Waals surface area contributed by atoms with Crippen LogP contribution in [0.2, 0.25) is 0 Å². The van der Waals surface area contributed by atoms with Crippen molar-refractivity contribution in [3.05, 3.63) is 0 Å². The number of nitrogens with two attached hydrogens (primary N) is 1. The number of sulfonamides is 1. The summed E-state index contributed by atoms with van der Waals surface area (Å²) in [5.74, 6) is 0.0879. The molecule has 0 spiro atoms.